The van der Waals surface area contributed by atoms with Gasteiger partial charge in [0.05, 0.1) is 5.52 Å². The van der Waals surface area contributed by atoms with E-state index in [-0.39, 0.29) is 6.23 Å². The van der Waals surface area contributed by atoms with E-state index in [4.69, 9.17) is 4.74 Å². The summed E-state index contributed by atoms with van der Waals surface area (Å²) in [7, 11) is 0. The first-order chi connectivity index (χ1) is 6.95. The van der Waals surface area contributed by atoms with E-state index in [1.54, 1.807) is 0 Å². The Hall–Kier alpha value is -1.42. The van der Waals surface area contributed by atoms with Gasteiger partial charge in [0.15, 0.2) is 6.23 Å². The Labute approximate surface area is 81.5 Å². The van der Waals surface area contributed by atoms with Crippen molar-refractivity contribution in [1.82, 2.24) is 15.0 Å². The van der Waals surface area contributed by atoms with Crippen LogP contribution in [0.2, 0.25) is 0 Å². The van der Waals surface area contributed by atoms with Crippen molar-refractivity contribution < 1.29 is 4.74 Å². The monoisotopic (exact) mass is 189 g/mol. The van der Waals surface area contributed by atoms with Gasteiger partial charge in [-0.25, -0.2) is 4.68 Å². The van der Waals surface area contributed by atoms with Crippen molar-refractivity contribution in [2.75, 3.05) is 6.61 Å². The van der Waals surface area contributed by atoms with Gasteiger partial charge >= 0.3 is 0 Å². The van der Waals surface area contributed by atoms with Gasteiger partial charge in [-0.2, -0.15) is 0 Å². The second-order valence-corrected chi connectivity index (χ2v) is 3.49. The third-order valence-corrected chi connectivity index (χ3v) is 2.56. The van der Waals surface area contributed by atoms with Gasteiger partial charge in [-0.1, -0.05) is 17.3 Å². The fourth-order valence-electron chi connectivity index (χ4n) is 1.85. The summed E-state index contributed by atoms with van der Waals surface area (Å²) in [5.74, 6) is 0. The molecule has 0 radical (unpaired) electrons. The summed E-state index contributed by atoms with van der Waals surface area (Å²) in [4.78, 5) is 0. The molecule has 1 aromatic heterocycles. The van der Waals surface area contributed by atoms with Crippen molar-refractivity contribution in [1.29, 1.82) is 0 Å². The molecule has 1 aliphatic heterocycles. The van der Waals surface area contributed by atoms with E-state index in [2.05, 4.69) is 10.3 Å². The van der Waals surface area contributed by atoms with Crippen molar-refractivity contribution in [2.24, 2.45) is 0 Å². The van der Waals surface area contributed by atoms with Gasteiger partial charge < -0.3 is 4.74 Å². The van der Waals surface area contributed by atoms with Crippen LogP contribution >= 0.6 is 0 Å². The molecule has 2 heterocycles. The van der Waals surface area contributed by atoms with E-state index in [9.17, 15) is 0 Å². The predicted molar refractivity (Wildman–Crippen MR) is 51.8 cm³/mol. The lowest BCUT2D eigenvalue weighted by Crippen LogP contribution is -2.08. The Kier molecular flexibility index (Phi) is 1.73. The number of rotatable bonds is 1. The van der Waals surface area contributed by atoms with E-state index < -0.39 is 0 Å². The summed E-state index contributed by atoms with van der Waals surface area (Å²) in [5.41, 5.74) is 1.99. The molecule has 0 saturated carbocycles. The van der Waals surface area contributed by atoms with Crippen molar-refractivity contribution in [3.8, 4) is 0 Å². The van der Waals surface area contributed by atoms with Gasteiger partial charge in [0.2, 0.25) is 0 Å². The van der Waals surface area contributed by atoms with Gasteiger partial charge in [-0.05, 0) is 25.0 Å². The number of hydrogen-bond donors (Lipinski definition) is 0. The van der Waals surface area contributed by atoms with Crippen LogP contribution in [-0.4, -0.2) is 21.6 Å². The summed E-state index contributed by atoms with van der Waals surface area (Å²) < 4.78 is 7.44. The standard InChI is InChI=1S/C10H11N3O/c1-2-5-9-8(4-1)11-12-13(9)10-6-3-7-14-10/h1-2,4-5,10H,3,6-7H2/t10-/m1/s1. The van der Waals surface area contributed by atoms with Gasteiger partial charge in [-0.3, -0.25) is 0 Å². The number of hydrogen-bond acceptors (Lipinski definition) is 3. The summed E-state index contributed by atoms with van der Waals surface area (Å²) >= 11 is 0. The van der Waals surface area contributed by atoms with Crippen LogP contribution in [0.5, 0.6) is 0 Å². The molecule has 4 nitrogen and oxygen atoms in total. The molecule has 1 fully saturated rings. The molecule has 1 saturated heterocycles. The maximum absolute atomic E-state index is 5.57. The van der Waals surface area contributed by atoms with Crippen LogP contribution in [-0.2, 0) is 4.74 Å². The summed E-state index contributed by atoms with van der Waals surface area (Å²) in [6.07, 6.45) is 2.23. The minimum Gasteiger partial charge on any atom is -0.356 e. The molecule has 72 valence electrons. The van der Waals surface area contributed by atoms with Crippen molar-refractivity contribution >= 4 is 11.0 Å². The van der Waals surface area contributed by atoms with Gasteiger partial charge in [0.1, 0.15) is 5.52 Å². The van der Waals surface area contributed by atoms with Crippen LogP contribution in [0, 0.1) is 0 Å². The third-order valence-electron chi connectivity index (χ3n) is 2.56. The molecule has 4 heteroatoms. The normalized spacial score (nSPS) is 21.9. The van der Waals surface area contributed by atoms with E-state index in [0.717, 1.165) is 30.5 Å². The summed E-state index contributed by atoms with van der Waals surface area (Å²) in [5, 5.41) is 8.22. The van der Waals surface area contributed by atoms with E-state index >= 15 is 0 Å². The minimum atomic E-state index is 0.0856. The quantitative estimate of drug-likeness (QED) is 0.686. The minimum absolute atomic E-state index is 0.0856. The van der Waals surface area contributed by atoms with Crippen molar-refractivity contribution in [2.45, 2.75) is 19.1 Å². The molecule has 1 aromatic carbocycles. The topological polar surface area (TPSA) is 39.9 Å². The molecule has 1 aliphatic rings. The van der Waals surface area contributed by atoms with Crippen molar-refractivity contribution in [3.05, 3.63) is 24.3 Å². The van der Waals surface area contributed by atoms with Gasteiger partial charge in [0.25, 0.3) is 0 Å². The van der Waals surface area contributed by atoms with E-state index in [1.807, 2.05) is 28.9 Å². The number of fused-ring (bicyclic) bond motifs is 1. The van der Waals surface area contributed by atoms with Crippen LogP contribution in [0.3, 0.4) is 0 Å². The molecule has 0 spiro atoms. The first-order valence-electron chi connectivity index (χ1n) is 4.87. The highest BCUT2D eigenvalue weighted by atomic mass is 16.5. The van der Waals surface area contributed by atoms with E-state index in [1.165, 1.54) is 0 Å². The van der Waals surface area contributed by atoms with Gasteiger partial charge in [0, 0.05) is 6.61 Å². The average Bonchev–Trinajstić information content (AvgIpc) is 2.85. The number of para-hydroxylation sites is 1. The second kappa shape index (κ2) is 3.06. The third kappa shape index (κ3) is 1.11. The zero-order chi connectivity index (χ0) is 9.38. The Balaban J connectivity index is 2.11. The summed E-state index contributed by atoms with van der Waals surface area (Å²) in [6, 6.07) is 7.96. The molecular weight excluding hydrogens is 178 g/mol. The highest BCUT2D eigenvalue weighted by Crippen LogP contribution is 2.25. The van der Waals surface area contributed by atoms with Gasteiger partial charge in [-0.15, -0.1) is 5.10 Å². The Morgan fingerprint density at radius 1 is 1.36 bits per heavy atom. The maximum Gasteiger partial charge on any atom is 0.152 e. The van der Waals surface area contributed by atoms with Crippen LogP contribution in [0.15, 0.2) is 24.3 Å². The zero-order valence-electron chi connectivity index (χ0n) is 7.76. The fourth-order valence-corrected chi connectivity index (χ4v) is 1.85. The molecule has 0 aliphatic carbocycles. The lowest BCUT2D eigenvalue weighted by molar-refractivity contribution is 0.0488. The number of nitrogens with zero attached hydrogens (tertiary/aromatic N) is 3. The zero-order valence-corrected chi connectivity index (χ0v) is 7.76. The molecule has 3 rings (SSSR count). The number of ether oxygens (including phenoxy) is 1. The molecule has 0 bridgehead atoms. The number of benzene rings is 1. The van der Waals surface area contributed by atoms with Crippen LogP contribution in [0.4, 0.5) is 0 Å². The highest BCUT2D eigenvalue weighted by Gasteiger charge is 2.20. The lowest BCUT2D eigenvalue weighted by atomic mass is 10.3. The molecule has 1 atom stereocenters. The van der Waals surface area contributed by atoms with Crippen LogP contribution in [0.1, 0.15) is 19.1 Å². The Morgan fingerprint density at radius 2 is 2.29 bits per heavy atom. The number of aromatic nitrogens is 3. The Morgan fingerprint density at radius 3 is 3.14 bits per heavy atom. The van der Waals surface area contributed by atoms with E-state index in [0.29, 0.717) is 0 Å². The largest absolute Gasteiger partial charge is 0.356 e. The molecule has 0 unspecified atom stereocenters. The molecule has 2 aromatic rings. The highest BCUT2D eigenvalue weighted by molar-refractivity contribution is 5.73. The fraction of sp³-hybridized carbons (Fsp3) is 0.400. The van der Waals surface area contributed by atoms with Crippen LogP contribution < -0.4 is 0 Å². The molecule has 0 N–H and O–H groups in total. The first kappa shape index (κ1) is 7.94. The van der Waals surface area contributed by atoms with Crippen molar-refractivity contribution in [3.63, 3.8) is 0 Å². The second-order valence-electron chi connectivity index (χ2n) is 3.49. The smallest absolute Gasteiger partial charge is 0.152 e. The summed E-state index contributed by atoms with van der Waals surface area (Å²) in [6.45, 7) is 0.832. The first-order valence-corrected chi connectivity index (χ1v) is 4.87. The SMILES string of the molecule is c1ccc2c(c1)nnn2[C@H]1CCCO1. The molecule has 14 heavy (non-hydrogen) atoms. The average molecular weight is 189 g/mol. The molecular formula is C10H11N3O. The lowest BCUT2D eigenvalue weighted by Gasteiger charge is -2.09. The Bertz CT molecular complexity index is 445. The van der Waals surface area contributed by atoms with Crippen LogP contribution in [0.25, 0.3) is 11.0 Å². The predicted octanol–water partition coefficient (Wildman–Crippen LogP) is 1.74. The maximum atomic E-state index is 5.57. The molecule has 0 amide bonds.